The topological polar surface area (TPSA) is 35.5 Å². The van der Waals surface area contributed by atoms with Gasteiger partial charge in [-0.1, -0.05) is 0 Å². The highest BCUT2D eigenvalue weighted by Gasteiger charge is 2.14. The van der Waals surface area contributed by atoms with Gasteiger partial charge in [0, 0.05) is 13.2 Å². The maximum absolute atomic E-state index is 8.67. The van der Waals surface area contributed by atoms with Crippen LogP contribution in [0, 0.1) is 5.92 Å². The Morgan fingerprint density at radius 3 is 2.64 bits per heavy atom. The predicted molar refractivity (Wildman–Crippen MR) is 59.4 cm³/mol. The normalized spacial score (nSPS) is 19.1. The van der Waals surface area contributed by atoms with Gasteiger partial charge in [0.1, 0.15) is 0 Å². The lowest BCUT2D eigenvalue weighted by Crippen LogP contribution is -2.34. The van der Waals surface area contributed by atoms with Crippen molar-refractivity contribution in [2.24, 2.45) is 5.92 Å². The van der Waals surface area contributed by atoms with E-state index in [-0.39, 0.29) is 0 Å². The molecular weight excluding hydrogens is 176 g/mol. The van der Waals surface area contributed by atoms with Crippen LogP contribution in [0.15, 0.2) is 0 Å². The van der Waals surface area contributed by atoms with Crippen molar-refractivity contribution in [1.82, 2.24) is 10.2 Å². The van der Waals surface area contributed by atoms with Crippen LogP contribution < -0.4 is 5.32 Å². The highest BCUT2D eigenvalue weighted by atomic mass is 16.2. The minimum atomic E-state index is 0.335. The Kier molecular flexibility index (Phi) is 6.15. The zero-order valence-electron chi connectivity index (χ0n) is 9.34. The molecule has 84 valence electrons. The first-order valence-electron chi connectivity index (χ1n) is 5.83. The van der Waals surface area contributed by atoms with E-state index in [0.717, 1.165) is 25.3 Å². The molecule has 1 heterocycles. The van der Waals surface area contributed by atoms with Gasteiger partial charge in [-0.25, -0.2) is 0 Å². The van der Waals surface area contributed by atoms with Crippen molar-refractivity contribution in [2.45, 2.75) is 25.7 Å². The third-order valence-corrected chi connectivity index (χ3v) is 2.98. The van der Waals surface area contributed by atoms with Crippen molar-refractivity contribution < 1.29 is 5.11 Å². The molecule has 0 saturated carbocycles. The molecule has 0 spiro atoms. The largest absolute Gasteiger partial charge is 0.396 e. The summed E-state index contributed by atoms with van der Waals surface area (Å²) in [5, 5.41) is 12.1. The molecule has 0 aromatic rings. The summed E-state index contributed by atoms with van der Waals surface area (Å²) < 4.78 is 0. The summed E-state index contributed by atoms with van der Waals surface area (Å²) in [6.07, 6.45) is 4.71. The summed E-state index contributed by atoms with van der Waals surface area (Å²) in [6.45, 7) is 5.07. The predicted octanol–water partition coefficient (Wildman–Crippen LogP) is 0.690. The van der Waals surface area contributed by atoms with Crippen LogP contribution in [0.3, 0.4) is 0 Å². The molecule has 0 aromatic heterocycles. The molecule has 1 rings (SSSR count). The summed E-state index contributed by atoms with van der Waals surface area (Å²) in [5.74, 6) is 0.885. The van der Waals surface area contributed by atoms with Gasteiger partial charge in [0.2, 0.25) is 0 Å². The number of nitrogens with one attached hydrogen (secondary N) is 1. The second kappa shape index (κ2) is 7.21. The zero-order chi connectivity index (χ0) is 10.2. The van der Waals surface area contributed by atoms with E-state index in [9.17, 15) is 0 Å². The monoisotopic (exact) mass is 200 g/mol. The summed E-state index contributed by atoms with van der Waals surface area (Å²) >= 11 is 0. The second-order valence-corrected chi connectivity index (χ2v) is 4.39. The molecule has 0 radical (unpaired) electrons. The molecular formula is C11H24N2O. The smallest absolute Gasteiger partial charge is 0.0431 e. The molecule has 0 amide bonds. The van der Waals surface area contributed by atoms with Crippen molar-refractivity contribution in [3.05, 3.63) is 0 Å². The molecule has 1 fully saturated rings. The molecule has 3 nitrogen and oxygen atoms in total. The first-order valence-corrected chi connectivity index (χ1v) is 5.83. The van der Waals surface area contributed by atoms with Crippen molar-refractivity contribution >= 4 is 0 Å². The van der Waals surface area contributed by atoms with E-state index in [4.69, 9.17) is 5.11 Å². The molecule has 0 aromatic carbocycles. The molecule has 1 saturated heterocycles. The van der Waals surface area contributed by atoms with Crippen molar-refractivity contribution in [2.75, 3.05) is 39.8 Å². The lowest BCUT2D eigenvalue weighted by Gasteiger charge is -2.27. The molecule has 1 aliphatic heterocycles. The van der Waals surface area contributed by atoms with Crippen LogP contribution in [0.5, 0.6) is 0 Å². The quantitative estimate of drug-likeness (QED) is 0.619. The van der Waals surface area contributed by atoms with Crippen molar-refractivity contribution in [3.8, 4) is 0 Å². The Morgan fingerprint density at radius 1 is 1.29 bits per heavy atom. The minimum Gasteiger partial charge on any atom is -0.396 e. The Hall–Kier alpha value is -0.120. The fourth-order valence-corrected chi connectivity index (χ4v) is 2.09. The standard InChI is InChI=1S/C11H24N2O/c1-13(8-2-3-9-14)10-11-4-6-12-7-5-11/h11-12,14H,2-10H2,1H3. The summed E-state index contributed by atoms with van der Waals surface area (Å²) in [6, 6.07) is 0. The van der Waals surface area contributed by atoms with Crippen LogP contribution >= 0.6 is 0 Å². The maximum Gasteiger partial charge on any atom is 0.0431 e. The van der Waals surface area contributed by atoms with E-state index in [1.165, 1.54) is 32.5 Å². The molecule has 2 N–H and O–H groups in total. The van der Waals surface area contributed by atoms with Crippen LogP contribution in [0.1, 0.15) is 25.7 Å². The van der Waals surface area contributed by atoms with Gasteiger partial charge >= 0.3 is 0 Å². The first-order chi connectivity index (χ1) is 6.83. The first kappa shape index (κ1) is 12.0. The average Bonchev–Trinajstić information content (AvgIpc) is 2.20. The lowest BCUT2D eigenvalue weighted by atomic mass is 9.98. The third-order valence-electron chi connectivity index (χ3n) is 2.98. The van der Waals surface area contributed by atoms with Gasteiger partial charge in [0.25, 0.3) is 0 Å². The number of aliphatic hydroxyl groups excluding tert-OH is 1. The van der Waals surface area contributed by atoms with Gasteiger partial charge < -0.3 is 15.3 Å². The third kappa shape index (κ3) is 4.94. The second-order valence-electron chi connectivity index (χ2n) is 4.39. The SMILES string of the molecule is CN(CCCCO)CC1CCNCC1. The number of hydrogen-bond acceptors (Lipinski definition) is 3. The Bertz CT molecular complexity index is 135. The fraction of sp³-hybridized carbons (Fsp3) is 1.00. The number of hydrogen-bond donors (Lipinski definition) is 2. The highest BCUT2D eigenvalue weighted by molar-refractivity contribution is 4.71. The van der Waals surface area contributed by atoms with E-state index < -0.39 is 0 Å². The van der Waals surface area contributed by atoms with Gasteiger partial charge in [-0.3, -0.25) is 0 Å². The lowest BCUT2D eigenvalue weighted by molar-refractivity contribution is 0.225. The van der Waals surface area contributed by atoms with Gasteiger partial charge in [-0.05, 0) is 58.3 Å². The van der Waals surface area contributed by atoms with E-state index >= 15 is 0 Å². The number of nitrogens with zero attached hydrogens (tertiary/aromatic N) is 1. The van der Waals surface area contributed by atoms with Crippen LogP contribution in [0.2, 0.25) is 0 Å². The Balaban J connectivity index is 2.03. The van der Waals surface area contributed by atoms with E-state index in [1.54, 1.807) is 0 Å². The summed E-state index contributed by atoms with van der Waals surface area (Å²) in [4.78, 5) is 2.41. The molecule has 1 aliphatic rings. The number of aliphatic hydroxyl groups is 1. The van der Waals surface area contributed by atoms with Crippen LogP contribution in [-0.4, -0.2) is 49.8 Å². The van der Waals surface area contributed by atoms with E-state index in [2.05, 4.69) is 17.3 Å². The van der Waals surface area contributed by atoms with E-state index in [0.29, 0.717) is 6.61 Å². The molecule has 0 unspecified atom stereocenters. The number of rotatable bonds is 6. The summed E-state index contributed by atoms with van der Waals surface area (Å²) in [7, 11) is 2.19. The molecule has 0 aliphatic carbocycles. The minimum absolute atomic E-state index is 0.335. The van der Waals surface area contributed by atoms with Gasteiger partial charge in [-0.2, -0.15) is 0 Å². The van der Waals surface area contributed by atoms with Crippen LogP contribution in [-0.2, 0) is 0 Å². The van der Waals surface area contributed by atoms with Crippen molar-refractivity contribution in [3.63, 3.8) is 0 Å². The zero-order valence-corrected chi connectivity index (χ0v) is 9.34. The molecule has 3 heteroatoms. The van der Waals surface area contributed by atoms with Crippen LogP contribution in [0.25, 0.3) is 0 Å². The Morgan fingerprint density at radius 2 is 2.00 bits per heavy atom. The average molecular weight is 200 g/mol. The van der Waals surface area contributed by atoms with E-state index in [1.807, 2.05) is 0 Å². The van der Waals surface area contributed by atoms with Crippen LogP contribution in [0.4, 0.5) is 0 Å². The number of unbranched alkanes of at least 4 members (excludes halogenated alkanes) is 1. The van der Waals surface area contributed by atoms with Crippen molar-refractivity contribution in [1.29, 1.82) is 0 Å². The molecule has 14 heavy (non-hydrogen) atoms. The van der Waals surface area contributed by atoms with Gasteiger partial charge in [-0.15, -0.1) is 0 Å². The maximum atomic E-state index is 8.67. The van der Waals surface area contributed by atoms with Gasteiger partial charge in [0.15, 0.2) is 0 Å². The highest BCUT2D eigenvalue weighted by Crippen LogP contribution is 2.12. The molecule has 0 bridgehead atoms. The number of piperidine rings is 1. The Labute approximate surface area is 87.5 Å². The molecule has 0 atom stereocenters. The fourth-order valence-electron chi connectivity index (χ4n) is 2.09. The summed E-state index contributed by atoms with van der Waals surface area (Å²) in [5.41, 5.74) is 0. The van der Waals surface area contributed by atoms with Gasteiger partial charge in [0.05, 0.1) is 0 Å².